The molecular weight excluding hydrogens is 338 g/mol. The molecule has 1 aromatic heterocycles. The van der Waals surface area contributed by atoms with Crippen molar-refractivity contribution >= 4 is 16.8 Å². The molecule has 0 radical (unpaired) electrons. The second-order valence-corrected chi connectivity index (χ2v) is 7.33. The molecule has 1 aliphatic heterocycles. The molecule has 0 bridgehead atoms. The van der Waals surface area contributed by atoms with E-state index in [9.17, 15) is 4.79 Å². The zero-order chi connectivity index (χ0) is 18.8. The monoisotopic (exact) mass is 363 g/mol. The van der Waals surface area contributed by atoms with Gasteiger partial charge in [0.1, 0.15) is 0 Å². The number of hydrogen-bond acceptors (Lipinski definition) is 3. The van der Waals surface area contributed by atoms with E-state index in [4.69, 9.17) is 0 Å². The van der Waals surface area contributed by atoms with Crippen LogP contribution in [0, 0.1) is 0 Å². The van der Waals surface area contributed by atoms with Crippen LogP contribution in [-0.2, 0) is 13.1 Å². The van der Waals surface area contributed by atoms with Crippen molar-refractivity contribution in [3.8, 4) is 0 Å². The molecule has 3 aromatic rings. The topological polar surface area (TPSA) is 53.4 Å². The lowest BCUT2D eigenvalue weighted by Crippen LogP contribution is -2.44. The van der Waals surface area contributed by atoms with Crippen LogP contribution in [0.1, 0.15) is 17.3 Å². The number of hydrogen-bond donors (Lipinski definition) is 1. The SMILES string of the molecule is CN(C)C(=O)NC[C@H]1CN(Cc2cccc3ccccc23)Cc2cncn21. The molecule has 0 spiro atoms. The molecule has 27 heavy (non-hydrogen) atoms. The molecular formula is C21H25N5O. The van der Waals surface area contributed by atoms with Crippen molar-refractivity contribution in [1.29, 1.82) is 0 Å². The van der Waals surface area contributed by atoms with E-state index in [0.717, 1.165) is 19.6 Å². The summed E-state index contributed by atoms with van der Waals surface area (Å²) < 4.78 is 2.19. The molecule has 140 valence electrons. The number of rotatable bonds is 4. The van der Waals surface area contributed by atoms with E-state index in [2.05, 4.69) is 62.2 Å². The summed E-state index contributed by atoms with van der Waals surface area (Å²) in [5.74, 6) is 0. The molecule has 6 nitrogen and oxygen atoms in total. The lowest BCUT2D eigenvalue weighted by Gasteiger charge is -2.35. The average Bonchev–Trinajstić information content (AvgIpc) is 3.15. The molecule has 0 unspecified atom stereocenters. The molecule has 0 saturated carbocycles. The van der Waals surface area contributed by atoms with E-state index in [1.54, 1.807) is 19.0 Å². The summed E-state index contributed by atoms with van der Waals surface area (Å²) in [6.45, 7) is 3.21. The summed E-state index contributed by atoms with van der Waals surface area (Å²) in [6, 6.07) is 15.1. The maximum atomic E-state index is 11.9. The van der Waals surface area contributed by atoms with Gasteiger partial charge in [-0.1, -0.05) is 42.5 Å². The van der Waals surface area contributed by atoms with E-state index in [-0.39, 0.29) is 12.1 Å². The highest BCUT2D eigenvalue weighted by atomic mass is 16.2. The zero-order valence-electron chi connectivity index (χ0n) is 15.8. The third kappa shape index (κ3) is 3.66. The molecule has 1 atom stereocenters. The van der Waals surface area contributed by atoms with Crippen LogP contribution in [0.2, 0.25) is 0 Å². The standard InChI is InChI=1S/C21H25N5O/c1-24(2)21(27)23-11-19-14-25(13-18-10-22-15-26(18)19)12-17-8-5-7-16-6-3-4-9-20(16)17/h3-10,15,19H,11-14H2,1-2H3,(H,23,27)/t19-/m0/s1. The second kappa shape index (κ2) is 7.40. The number of benzene rings is 2. The summed E-state index contributed by atoms with van der Waals surface area (Å²) in [5, 5.41) is 5.58. The summed E-state index contributed by atoms with van der Waals surface area (Å²) in [6.07, 6.45) is 3.80. The first-order chi connectivity index (χ1) is 13.1. The van der Waals surface area contributed by atoms with Crippen LogP contribution in [-0.4, -0.2) is 52.6 Å². The van der Waals surface area contributed by atoms with Gasteiger partial charge in [0.05, 0.1) is 18.1 Å². The minimum absolute atomic E-state index is 0.0668. The van der Waals surface area contributed by atoms with Gasteiger partial charge in [-0.3, -0.25) is 4.90 Å². The molecule has 0 aliphatic carbocycles. The Morgan fingerprint density at radius 2 is 2.04 bits per heavy atom. The Labute approximate surface area is 159 Å². The summed E-state index contributed by atoms with van der Waals surface area (Å²) in [5.41, 5.74) is 2.52. The predicted octanol–water partition coefficient (Wildman–Crippen LogP) is 2.86. The number of aromatic nitrogens is 2. The highest BCUT2D eigenvalue weighted by Gasteiger charge is 2.25. The van der Waals surface area contributed by atoms with Crippen LogP contribution < -0.4 is 5.32 Å². The van der Waals surface area contributed by atoms with Crippen molar-refractivity contribution in [1.82, 2.24) is 24.7 Å². The van der Waals surface area contributed by atoms with Crippen molar-refractivity contribution < 1.29 is 4.79 Å². The number of carbonyl (C=O) groups excluding carboxylic acids is 1. The number of imidazole rings is 1. The van der Waals surface area contributed by atoms with Crippen molar-refractivity contribution in [3.05, 3.63) is 66.2 Å². The summed E-state index contributed by atoms with van der Waals surface area (Å²) >= 11 is 0. The van der Waals surface area contributed by atoms with Crippen molar-refractivity contribution in [3.63, 3.8) is 0 Å². The Balaban J connectivity index is 1.53. The van der Waals surface area contributed by atoms with Gasteiger partial charge >= 0.3 is 6.03 Å². The van der Waals surface area contributed by atoms with E-state index in [1.165, 1.54) is 22.0 Å². The number of urea groups is 1. The van der Waals surface area contributed by atoms with E-state index < -0.39 is 0 Å². The van der Waals surface area contributed by atoms with Gasteiger partial charge in [0.15, 0.2) is 0 Å². The van der Waals surface area contributed by atoms with Crippen molar-refractivity contribution in [2.45, 2.75) is 19.1 Å². The van der Waals surface area contributed by atoms with Gasteiger partial charge in [0.25, 0.3) is 0 Å². The van der Waals surface area contributed by atoms with Gasteiger partial charge in [-0.15, -0.1) is 0 Å². The minimum atomic E-state index is -0.0668. The maximum Gasteiger partial charge on any atom is 0.316 e. The van der Waals surface area contributed by atoms with Gasteiger partial charge in [0.2, 0.25) is 0 Å². The van der Waals surface area contributed by atoms with E-state index >= 15 is 0 Å². The molecule has 0 fully saturated rings. The first-order valence-electron chi connectivity index (χ1n) is 9.26. The van der Waals surface area contributed by atoms with Gasteiger partial charge < -0.3 is 14.8 Å². The molecule has 1 N–H and O–H groups in total. The average molecular weight is 363 g/mol. The molecule has 1 aliphatic rings. The minimum Gasteiger partial charge on any atom is -0.336 e. The summed E-state index contributed by atoms with van der Waals surface area (Å²) in [7, 11) is 3.51. The lowest BCUT2D eigenvalue weighted by molar-refractivity contribution is 0.171. The van der Waals surface area contributed by atoms with Crippen LogP contribution >= 0.6 is 0 Å². The number of fused-ring (bicyclic) bond motifs is 2. The fourth-order valence-electron chi connectivity index (χ4n) is 3.78. The second-order valence-electron chi connectivity index (χ2n) is 7.33. The van der Waals surface area contributed by atoms with Crippen LogP contribution in [0.5, 0.6) is 0 Å². The van der Waals surface area contributed by atoms with Crippen LogP contribution in [0.3, 0.4) is 0 Å². The van der Waals surface area contributed by atoms with Crippen LogP contribution in [0.4, 0.5) is 4.79 Å². The maximum absolute atomic E-state index is 11.9. The fourth-order valence-corrected chi connectivity index (χ4v) is 3.78. The first-order valence-corrected chi connectivity index (χ1v) is 9.26. The lowest BCUT2D eigenvalue weighted by atomic mass is 10.0. The first kappa shape index (κ1) is 17.5. The number of carbonyl (C=O) groups is 1. The fraction of sp³-hybridized carbons (Fsp3) is 0.333. The third-order valence-electron chi connectivity index (χ3n) is 5.16. The van der Waals surface area contributed by atoms with E-state index in [0.29, 0.717) is 6.54 Å². The predicted molar refractivity (Wildman–Crippen MR) is 106 cm³/mol. The number of amides is 2. The van der Waals surface area contributed by atoms with Gasteiger partial charge in [0, 0.05) is 46.5 Å². The highest BCUT2D eigenvalue weighted by Crippen LogP contribution is 2.25. The molecule has 2 heterocycles. The van der Waals surface area contributed by atoms with Crippen molar-refractivity contribution in [2.24, 2.45) is 0 Å². The third-order valence-corrected chi connectivity index (χ3v) is 5.16. The van der Waals surface area contributed by atoms with Crippen LogP contribution in [0.25, 0.3) is 10.8 Å². The Hall–Kier alpha value is -2.86. The molecule has 6 heteroatoms. The highest BCUT2D eigenvalue weighted by molar-refractivity contribution is 5.85. The number of nitrogens with one attached hydrogen (secondary N) is 1. The smallest absolute Gasteiger partial charge is 0.316 e. The normalized spacial score (nSPS) is 16.9. The van der Waals surface area contributed by atoms with Crippen LogP contribution in [0.15, 0.2) is 55.0 Å². The Bertz CT molecular complexity index is 943. The summed E-state index contributed by atoms with van der Waals surface area (Å²) in [4.78, 5) is 20.2. The largest absolute Gasteiger partial charge is 0.336 e. The van der Waals surface area contributed by atoms with E-state index in [1.807, 2.05) is 12.5 Å². The quantitative estimate of drug-likeness (QED) is 0.775. The van der Waals surface area contributed by atoms with Gasteiger partial charge in [-0.05, 0) is 16.3 Å². The Morgan fingerprint density at radius 1 is 1.22 bits per heavy atom. The van der Waals surface area contributed by atoms with Crippen molar-refractivity contribution in [2.75, 3.05) is 27.2 Å². The molecule has 2 amide bonds. The van der Waals surface area contributed by atoms with Gasteiger partial charge in [-0.25, -0.2) is 9.78 Å². The zero-order valence-corrected chi connectivity index (χ0v) is 15.8. The molecule has 2 aromatic carbocycles. The number of nitrogens with zero attached hydrogens (tertiary/aromatic N) is 4. The van der Waals surface area contributed by atoms with Gasteiger partial charge in [-0.2, -0.15) is 0 Å². The Morgan fingerprint density at radius 3 is 2.89 bits per heavy atom. The molecule has 0 saturated heterocycles. The Kier molecular flexibility index (Phi) is 4.81. The molecule has 4 rings (SSSR count).